The smallest absolute Gasteiger partial charge is 0.231 e. The van der Waals surface area contributed by atoms with Crippen LogP contribution >= 0.6 is 0 Å². The monoisotopic (exact) mass is 698 g/mol. The zero-order chi connectivity index (χ0) is 36.9. The molecule has 1 unspecified atom stereocenters. The molecule has 286 valence electrons. The van der Waals surface area contributed by atoms with Crippen LogP contribution in [0.3, 0.4) is 0 Å². The Kier molecular flexibility index (Phi) is 34.0. The van der Waals surface area contributed by atoms with Gasteiger partial charge >= 0.3 is 0 Å². The van der Waals surface area contributed by atoms with Crippen molar-refractivity contribution in [2.75, 3.05) is 20.6 Å². The Morgan fingerprint density at radius 3 is 1.28 bits per heavy atom. The number of unbranched alkanes of at least 4 members (excludes halogenated alkanes) is 16. The van der Waals surface area contributed by atoms with Crippen LogP contribution in [0.25, 0.3) is 0 Å². The number of hydrogen-bond acceptors (Lipinski definition) is 5. The fourth-order valence-electron chi connectivity index (χ4n) is 5.67. The summed E-state index contributed by atoms with van der Waals surface area (Å²) in [7, 11) is 3.63. The van der Waals surface area contributed by atoms with Gasteiger partial charge in [0.15, 0.2) is 0 Å². The molecule has 0 aromatic carbocycles. The van der Waals surface area contributed by atoms with Gasteiger partial charge in [0.1, 0.15) is 0 Å². The topological polar surface area (TPSA) is 95.6 Å². The normalized spacial score (nSPS) is 12.6. The van der Waals surface area contributed by atoms with E-state index in [1.54, 1.807) is 0 Å². The van der Waals surface area contributed by atoms with E-state index in [2.05, 4.69) is 73.1 Å². The molecule has 7 nitrogen and oxygen atoms in total. The Morgan fingerprint density at radius 2 is 0.860 bits per heavy atom. The molecule has 0 radical (unpaired) electrons. The minimum Gasteiger partial charge on any atom is -0.309 e. The van der Waals surface area contributed by atoms with Gasteiger partial charge in [0, 0.05) is 25.8 Å². The van der Waals surface area contributed by atoms with Crippen molar-refractivity contribution in [1.82, 2.24) is 15.5 Å². The zero-order valence-corrected chi connectivity index (χ0v) is 32.7. The number of carbonyl (C=O) groups is 4. The van der Waals surface area contributed by atoms with E-state index in [1.807, 2.05) is 19.0 Å². The lowest BCUT2D eigenvalue weighted by molar-refractivity contribution is -0.137. The first-order valence-corrected chi connectivity index (χ1v) is 20.2. The van der Waals surface area contributed by atoms with E-state index < -0.39 is 17.7 Å². The highest BCUT2D eigenvalue weighted by molar-refractivity contribution is 6.00. The molecule has 0 aromatic rings. The van der Waals surface area contributed by atoms with Crippen LogP contribution in [0.2, 0.25) is 0 Å². The Bertz CT molecular complexity index is 983. The number of amides is 4. The highest BCUT2D eigenvalue weighted by Gasteiger charge is 2.25. The van der Waals surface area contributed by atoms with E-state index >= 15 is 0 Å². The standard InChI is InChI=1S/C43H75N3O4/c1-5-7-9-11-13-15-17-19-21-23-25-27-29-31-33-35-40(47)44-42(49)37-39(38-46(3)4)43(50)45-41(48)36-34-32-30-28-26-24-22-20-18-16-14-12-10-8-6-2/h13-16,19-22,39H,5-12,17-18,23-38H2,1-4H3,(H,44,47,49)(H,45,48,50)/b15-13-,16-14-,21-19-,22-20-. The van der Waals surface area contributed by atoms with Gasteiger partial charge in [-0.3, -0.25) is 29.8 Å². The van der Waals surface area contributed by atoms with Gasteiger partial charge in [0.05, 0.1) is 5.92 Å². The molecule has 0 aromatic heterocycles. The molecule has 0 saturated heterocycles. The van der Waals surface area contributed by atoms with E-state index in [-0.39, 0.29) is 18.2 Å². The maximum atomic E-state index is 12.9. The molecule has 0 aliphatic rings. The predicted octanol–water partition coefficient (Wildman–Crippen LogP) is 10.5. The molecule has 0 rings (SSSR count). The minimum absolute atomic E-state index is 0.130. The molecular formula is C43H75N3O4. The number of imide groups is 2. The van der Waals surface area contributed by atoms with Gasteiger partial charge < -0.3 is 4.90 Å². The maximum absolute atomic E-state index is 12.9. The summed E-state index contributed by atoms with van der Waals surface area (Å²) in [6.45, 7) is 4.77. The molecule has 0 saturated carbocycles. The molecule has 7 heteroatoms. The van der Waals surface area contributed by atoms with Crippen molar-refractivity contribution in [3.63, 3.8) is 0 Å². The third kappa shape index (κ3) is 33.7. The summed E-state index contributed by atoms with van der Waals surface area (Å²) in [6, 6.07) is 0. The lowest BCUT2D eigenvalue weighted by atomic mass is 10.0. The number of rotatable bonds is 33. The molecule has 0 aliphatic heterocycles. The van der Waals surface area contributed by atoms with Crippen LogP contribution in [0.1, 0.15) is 174 Å². The Hall–Kier alpha value is -2.80. The highest BCUT2D eigenvalue weighted by atomic mass is 16.2. The lowest BCUT2D eigenvalue weighted by Crippen LogP contribution is -2.42. The maximum Gasteiger partial charge on any atom is 0.231 e. The molecule has 2 N–H and O–H groups in total. The summed E-state index contributed by atoms with van der Waals surface area (Å²) in [4.78, 5) is 52.0. The average Bonchev–Trinajstić information content (AvgIpc) is 3.07. The summed E-state index contributed by atoms with van der Waals surface area (Å²) in [5.74, 6) is -2.24. The van der Waals surface area contributed by atoms with Crippen LogP contribution in [-0.4, -0.2) is 49.2 Å². The Morgan fingerprint density at radius 1 is 0.480 bits per heavy atom. The van der Waals surface area contributed by atoms with Crippen LogP contribution in [0.15, 0.2) is 48.6 Å². The van der Waals surface area contributed by atoms with Crippen molar-refractivity contribution in [2.45, 2.75) is 174 Å². The number of nitrogens with one attached hydrogen (secondary N) is 2. The number of allylic oxidation sites excluding steroid dienone is 8. The summed E-state index contributed by atoms with van der Waals surface area (Å²) in [5.41, 5.74) is 0. The number of nitrogens with zero attached hydrogens (tertiary/aromatic N) is 1. The lowest BCUT2D eigenvalue weighted by Gasteiger charge is -2.19. The molecule has 0 aliphatic carbocycles. The second-order valence-electron chi connectivity index (χ2n) is 14.0. The van der Waals surface area contributed by atoms with Crippen molar-refractivity contribution < 1.29 is 19.2 Å². The van der Waals surface area contributed by atoms with Crippen LogP contribution in [0.4, 0.5) is 0 Å². The van der Waals surface area contributed by atoms with Gasteiger partial charge in [-0.2, -0.15) is 0 Å². The molecule has 4 amide bonds. The highest BCUT2D eigenvalue weighted by Crippen LogP contribution is 2.11. The predicted molar refractivity (Wildman–Crippen MR) is 212 cm³/mol. The van der Waals surface area contributed by atoms with E-state index in [1.165, 1.54) is 51.4 Å². The van der Waals surface area contributed by atoms with Crippen molar-refractivity contribution in [2.24, 2.45) is 5.92 Å². The van der Waals surface area contributed by atoms with Gasteiger partial charge in [0.25, 0.3) is 0 Å². The summed E-state index contributed by atoms with van der Waals surface area (Å²) in [6.07, 6.45) is 42.9. The third-order valence-electron chi connectivity index (χ3n) is 8.64. The van der Waals surface area contributed by atoms with Gasteiger partial charge in [-0.1, -0.05) is 127 Å². The second kappa shape index (κ2) is 36.0. The molecular weight excluding hydrogens is 622 g/mol. The zero-order valence-electron chi connectivity index (χ0n) is 32.7. The Balaban J connectivity index is 4.07. The quantitative estimate of drug-likeness (QED) is 0.0526. The number of carbonyl (C=O) groups excluding carboxylic acids is 4. The molecule has 0 spiro atoms. The number of hydrogen-bond donors (Lipinski definition) is 2. The van der Waals surface area contributed by atoms with E-state index in [0.29, 0.717) is 19.4 Å². The minimum atomic E-state index is -0.706. The van der Waals surface area contributed by atoms with Crippen molar-refractivity contribution in [3.8, 4) is 0 Å². The van der Waals surface area contributed by atoms with E-state index in [4.69, 9.17) is 0 Å². The van der Waals surface area contributed by atoms with Crippen molar-refractivity contribution in [1.29, 1.82) is 0 Å². The molecule has 0 bridgehead atoms. The molecule has 0 fully saturated rings. The summed E-state index contributed by atoms with van der Waals surface area (Å²) >= 11 is 0. The van der Waals surface area contributed by atoms with Crippen LogP contribution < -0.4 is 10.6 Å². The fourth-order valence-corrected chi connectivity index (χ4v) is 5.67. The first-order chi connectivity index (χ1) is 24.3. The first kappa shape index (κ1) is 47.2. The fraction of sp³-hybridized carbons (Fsp3) is 0.721. The van der Waals surface area contributed by atoms with Gasteiger partial charge in [-0.25, -0.2) is 0 Å². The van der Waals surface area contributed by atoms with Crippen molar-refractivity contribution >= 4 is 23.6 Å². The van der Waals surface area contributed by atoms with Crippen LogP contribution in [0.5, 0.6) is 0 Å². The van der Waals surface area contributed by atoms with E-state index in [0.717, 1.165) is 89.9 Å². The Labute approximate surface area is 307 Å². The largest absolute Gasteiger partial charge is 0.309 e. The van der Waals surface area contributed by atoms with E-state index in [9.17, 15) is 19.2 Å². The average molecular weight is 698 g/mol. The van der Waals surface area contributed by atoms with Gasteiger partial charge in [-0.05, 0) is 91.1 Å². The van der Waals surface area contributed by atoms with Crippen LogP contribution in [0, 0.1) is 5.92 Å². The van der Waals surface area contributed by atoms with Crippen LogP contribution in [-0.2, 0) is 19.2 Å². The molecule has 0 heterocycles. The van der Waals surface area contributed by atoms with Gasteiger partial charge in [-0.15, -0.1) is 0 Å². The second-order valence-corrected chi connectivity index (χ2v) is 14.0. The SMILES string of the molecule is CCCCC/C=C\C/C=C\CCCCCCCC(=O)NC(=O)CC(CN(C)C)C(=O)NC(=O)CCCCCCC/C=C\C/C=C\CCCCC. The van der Waals surface area contributed by atoms with Gasteiger partial charge in [0.2, 0.25) is 23.6 Å². The first-order valence-electron chi connectivity index (χ1n) is 20.2. The molecule has 50 heavy (non-hydrogen) atoms. The summed E-state index contributed by atoms with van der Waals surface area (Å²) in [5, 5.41) is 4.93. The molecule has 1 atom stereocenters. The van der Waals surface area contributed by atoms with Crippen molar-refractivity contribution in [3.05, 3.63) is 48.6 Å². The third-order valence-corrected chi connectivity index (χ3v) is 8.64. The summed E-state index contributed by atoms with van der Waals surface area (Å²) < 4.78 is 0.